The Hall–Kier alpha value is -3.17. The lowest BCUT2D eigenvalue weighted by atomic mass is 10.1. The standard InChI is InChI=1S/C19H16F5NO4/c1-9(2)16(25-19(27)28-8-10-6-4-3-5-7-10)18(26)29-17-14(23)12(21)11(20)13(22)15(17)24/h3-7,9,16H,8H2,1-2H3,(H,25,27)/t16-/m0/s1. The molecular formula is C19H16F5NO4. The van der Waals surface area contributed by atoms with Crippen LogP contribution in [0.15, 0.2) is 30.3 Å². The molecule has 0 aliphatic carbocycles. The van der Waals surface area contributed by atoms with E-state index < -0.39 is 58.9 Å². The van der Waals surface area contributed by atoms with Crippen molar-refractivity contribution in [2.75, 3.05) is 0 Å². The van der Waals surface area contributed by atoms with Crippen LogP contribution in [-0.2, 0) is 16.1 Å². The molecule has 29 heavy (non-hydrogen) atoms. The van der Waals surface area contributed by atoms with Crippen LogP contribution < -0.4 is 10.1 Å². The predicted molar refractivity (Wildman–Crippen MR) is 90.3 cm³/mol. The van der Waals surface area contributed by atoms with Gasteiger partial charge in [0.15, 0.2) is 0 Å². The topological polar surface area (TPSA) is 64.6 Å². The van der Waals surface area contributed by atoms with Gasteiger partial charge in [0.1, 0.15) is 12.6 Å². The van der Waals surface area contributed by atoms with Gasteiger partial charge in [-0.05, 0) is 11.5 Å². The number of nitrogens with one attached hydrogen (secondary N) is 1. The smallest absolute Gasteiger partial charge is 0.408 e. The van der Waals surface area contributed by atoms with Gasteiger partial charge in [0.05, 0.1) is 0 Å². The van der Waals surface area contributed by atoms with Crippen molar-refractivity contribution < 1.29 is 41.0 Å². The van der Waals surface area contributed by atoms with E-state index in [2.05, 4.69) is 10.1 Å². The van der Waals surface area contributed by atoms with E-state index in [1.807, 2.05) is 0 Å². The monoisotopic (exact) mass is 417 g/mol. The van der Waals surface area contributed by atoms with Crippen molar-refractivity contribution in [3.63, 3.8) is 0 Å². The van der Waals surface area contributed by atoms with E-state index in [1.54, 1.807) is 30.3 Å². The van der Waals surface area contributed by atoms with E-state index in [-0.39, 0.29) is 6.61 Å². The molecule has 10 heteroatoms. The summed E-state index contributed by atoms with van der Waals surface area (Å²) in [6, 6.07) is 7.08. The number of rotatable bonds is 6. The van der Waals surface area contributed by atoms with Gasteiger partial charge in [-0.25, -0.2) is 22.8 Å². The minimum atomic E-state index is -2.39. The number of hydrogen-bond acceptors (Lipinski definition) is 4. The quantitative estimate of drug-likeness (QED) is 0.251. The zero-order valence-electron chi connectivity index (χ0n) is 15.3. The van der Waals surface area contributed by atoms with Gasteiger partial charge >= 0.3 is 12.1 Å². The molecule has 0 radical (unpaired) electrons. The van der Waals surface area contributed by atoms with Gasteiger partial charge in [-0.3, -0.25) is 0 Å². The van der Waals surface area contributed by atoms with Gasteiger partial charge in [-0.2, -0.15) is 8.78 Å². The number of halogens is 5. The fraction of sp³-hybridized carbons (Fsp3) is 0.263. The molecule has 0 heterocycles. The zero-order valence-corrected chi connectivity index (χ0v) is 15.3. The minimum Gasteiger partial charge on any atom is -0.445 e. The Kier molecular flexibility index (Phi) is 7.13. The Bertz CT molecular complexity index is 876. The first-order valence-electron chi connectivity index (χ1n) is 8.33. The lowest BCUT2D eigenvalue weighted by Gasteiger charge is -2.21. The molecular weight excluding hydrogens is 401 g/mol. The number of benzene rings is 2. The lowest BCUT2D eigenvalue weighted by Crippen LogP contribution is -2.46. The number of carbonyl (C=O) groups is 2. The fourth-order valence-electron chi connectivity index (χ4n) is 2.23. The molecule has 0 saturated heterocycles. The van der Waals surface area contributed by atoms with Gasteiger partial charge in [0, 0.05) is 0 Å². The van der Waals surface area contributed by atoms with Gasteiger partial charge in [-0.1, -0.05) is 44.2 Å². The molecule has 1 atom stereocenters. The van der Waals surface area contributed by atoms with Crippen LogP contribution in [0.5, 0.6) is 5.75 Å². The van der Waals surface area contributed by atoms with Gasteiger partial charge in [0.25, 0.3) is 0 Å². The predicted octanol–water partition coefficient (Wildman–Crippen LogP) is 4.24. The molecule has 0 aliphatic rings. The Morgan fingerprint density at radius 2 is 1.41 bits per heavy atom. The largest absolute Gasteiger partial charge is 0.445 e. The Morgan fingerprint density at radius 3 is 1.93 bits per heavy atom. The Labute approximate surface area is 162 Å². The molecule has 5 nitrogen and oxygen atoms in total. The fourth-order valence-corrected chi connectivity index (χ4v) is 2.23. The van der Waals surface area contributed by atoms with E-state index in [1.165, 1.54) is 13.8 Å². The molecule has 0 bridgehead atoms. The van der Waals surface area contributed by atoms with E-state index in [0.717, 1.165) is 0 Å². The molecule has 0 fully saturated rings. The highest BCUT2D eigenvalue weighted by Crippen LogP contribution is 2.29. The molecule has 0 spiro atoms. The number of amides is 1. The van der Waals surface area contributed by atoms with Crippen molar-refractivity contribution in [2.45, 2.75) is 26.5 Å². The van der Waals surface area contributed by atoms with Crippen molar-refractivity contribution in [1.82, 2.24) is 5.32 Å². The van der Waals surface area contributed by atoms with Gasteiger partial charge in [0.2, 0.25) is 34.8 Å². The first kappa shape index (κ1) is 22.1. The maximum atomic E-state index is 13.7. The highest BCUT2D eigenvalue weighted by atomic mass is 19.2. The van der Waals surface area contributed by atoms with Crippen LogP contribution in [0.1, 0.15) is 19.4 Å². The number of alkyl carbamates (subject to hydrolysis) is 1. The molecule has 156 valence electrons. The molecule has 1 N–H and O–H groups in total. The van der Waals surface area contributed by atoms with Crippen LogP contribution in [0.4, 0.5) is 26.7 Å². The number of esters is 1. The van der Waals surface area contributed by atoms with Crippen LogP contribution in [0.25, 0.3) is 0 Å². The highest BCUT2D eigenvalue weighted by molar-refractivity contribution is 5.83. The Balaban J connectivity index is 2.11. The number of hydrogen-bond donors (Lipinski definition) is 1. The van der Waals surface area contributed by atoms with Crippen LogP contribution in [0.3, 0.4) is 0 Å². The average Bonchev–Trinajstić information content (AvgIpc) is 2.71. The zero-order chi connectivity index (χ0) is 21.7. The number of carbonyl (C=O) groups excluding carboxylic acids is 2. The molecule has 0 saturated carbocycles. The minimum absolute atomic E-state index is 0.121. The molecule has 2 rings (SSSR count). The second-order valence-electron chi connectivity index (χ2n) is 6.25. The second-order valence-corrected chi connectivity index (χ2v) is 6.25. The van der Waals surface area contributed by atoms with Crippen molar-refractivity contribution >= 4 is 12.1 Å². The first-order valence-corrected chi connectivity index (χ1v) is 8.33. The summed E-state index contributed by atoms with van der Waals surface area (Å²) >= 11 is 0. The van der Waals surface area contributed by atoms with Gasteiger partial charge < -0.3 is 14.8 Å². The summed E-state index contributed by atoms with van der Waals surface area (Å²) in [7, 11) is 0. The lowest BCUT2D eigenvalue weighted by molar-refractivity contribution is -0.138. The van der Waals surface area contributed by atoms with Crippen molar-refractivity contribution in [1.29, 1.82) is 0 Å². The van der Waals surface area contributed by atoms with E-state index in [4.69, 9.17) is 4.74 Å². The third-order valence-corrected chi connectivity index (χ3v) is 3.78. The van der Waals surface area contributed by atoms with Crippen LogP contribution in [-0.4, -0.2) is 18.1 Å². The van der Waals surface area contributed by atoms with Crippen molar-refractivity contribution in [3.8, 4) is 5.75 Å². The molecule has 2 aromatic carbocycles. The maximum absolute atomic E-state index is 13.7. The third kappa shape index (κ3) is 5.21. The molecule has 0 aromatic heterocycles. The summed E-state index contributed by atoms with van der Waals surface area (Å²) in [5.74, 6) is -15.4. The van der Waals surface area contributed by atoms with E-state index in [0.29, 0.717) is 5.56 Å². The van der Waals surface area contributed by atoms with Gasteiger partial charge in [-0.15, -0.1) is 0 Å². The summed E-state index contributed by atoms with van der Waals surface area (Å²) < 4.78 is 76.2. The van der Waals surface area contributed by atoms with Crippen LogP contribution >= 0.6 is 0 Å². The summed E-state index contributed by atoms with van der Waals surface area (Å²) in [4.78, 5) is 24.1. The van der Waals surface area contributed by atoms with Crippen LogP contribution in [0, 0.1) is 35.0 Å². The third-order valence-electron chi connectivity index (χ3n) is 3.78. The van der Waals surface area contributed by atoms with Crippen molar-refractivity contribution in [3.05, 3.63) is 65.0 Å². The summed E-state index contributed by atoms with van der Waals surface area (Å²) in [5.41, 5.74) is 0.660. The SMILES string of the molecule is CC(C)[C@H](NC(=O)OCc1ccccc1)C(=O)Oc1c(F)c(F)c(F)c(F)c1F. The molecule has 2 aromatic rings. The summed E-state index contributed by atoms with van der Waals surface area (Å²) in [6.45, 7) is 2.80. The molecule has 0 aliphatic heterocycles. The maximum Gasteiger partial charge on any atom is 0.408 e. The highest BCUT2D eigenvalue weighted by Gasteiger charge is 2.32. The Morgan fingerprint density at radius 1 is 0.897 bits per heavy atom. The van der Waals surface area contributed by atoms with Crippen LogP contribution in [0.2, 0.25) is 0 Å². The molecule has 1 amide bonds. The normalized spacial score (nSPS) is 11.9. The van der Waals surface area contributed by atoms with E-state index in [9.17, 15) is 31.5 Å². The summed E-state index contributed by atoms with van der Waals surface area (Å²) in [5, 5.41) is 2.14. The van der Waals surface area contributed by atoms with E-state index >= 15 is 0 Å². The van der Waals surface area contributed by atoms with Crippen molar-refractivity contribution in [2.24, 2.45) is 5.92 Å². The number of ether oxygens (including phenoxy) is 2. The second kappa shape index (κ2) is 9.35. The molecule has 0 unspecified atom stereocenters. The first-order chi connectivity index (χ1) is 13.6. The summed E-state index contributed by atoms with van der Waals surface area (Å²) in [6.07, 6.45) is -1.04. The average molecular weight is 417 g/mol.